The van der Waals surface area contributed by atoms with Crippen molar-refractivity contribution < 1.29 is 27.5 Å². The predicted molar refractivity (Wildman–Crippen MR) is 116 cm³/mol. The summed E-state index contributed by atoms with van der Waals surface area (Å²) in [6.45, 7) is -0.147. The molecule has 11 heteroatoms. The second-order valence-corrected chi connectivity index (χ2v) is 10.5. The summed E-state index contributed by atoms with van der Waals surface area (Å²) in [4.78, 5) is 39.3. The third kappa shape index (κ3) is 5.38. The summed E-state index contributed by atoms with van der Waals surface area (Å²) in [7, 11) is -3.48. The molecule has 0 aromatic heterocycles. The number of rotatable bonds is 7. The molecule has 1 aliphatic rings. The number of fused-ring (bicyclic) bond motifs is 1. The van der Waals surface area contributed by atoms with E-state index in [9.17, 15) is 22.8 Å². The summed E-state index contributed by atoms with van der Waals surface area (Å²) in [5.74, 6) is -2.89. The van der Waals surface area contributed by atoms with E-state index < -0.39 is 39.4 Å². The molecule has 1 aliphatic heterocycles. The molecule has 3 rings (SSSR count). The van der Waals surface area contributed by atoms with Crippen LogP contribution in [0.25, 0.3) is 0 Å². The number of imide groups is 1. The largest absolute Gasteiger partial charge is 0.459 e. The summed E-state index contributed by atoms with van der Waals surface area (Å²) < 4.78 is 28.6. The fourth-order valence-electron chi connectivity index (χ4n) is 3.04. The van der Waals surface area contributed by atoms with Crippen molar-refractivity contribution in [2.45, 2.75) is 19.1 Å². The molecule has 0 radical (unpaired) electrons. The van der Waals surface area contributed by atoms with Crippen LogP contribution in [0.3, 0.4) is 0 Å². The minimum absolute atomic E-state index is 0.0192. The Morgan fingerprint density at radius 1 is 1.00 bits per heavy atom. The number of carbonyl (C=O) groups is 3. The SMILES string of the molecule is CS(=O)(=O)CC[C@@H](C(=O)OCc1ccc(Cl)cc1)N1C(=O)c2cc(Cl)c(Cl)cc2C1=O. The molecule has 2 amide bonds. The molecule has 0 fully saturated rings. The van der Waals surface area contributed by atoms with Gasteiger partial charge in [0.1, 0.15) is 22.5 Å². The molecule has 2 aromatic rings. The van der Waals surface area contributed by atoms with Gasteiger partial charge in [-0.15, -0.1) is 0 Å². The van der Waals surface area contributed by atoms with Crippen molar-refractivity contribution in [3.8, 4) is 0 Å². The van der Waals surface area contributed by atoms with Crippen molar-refractivity contribution in [1.82, 2.24) is 4.90 Å². The fourth-order valence-corrected chi connectivity index (χ4v) is 4.15. The Kier molecular flexibility index (Phi) is 6.95. The zero-order chi connectivity index (χ0) is 22.9. The van der Waals surface area contributed by atoms with Crippen LogP contribution >= 0.6 is 34.8 Å². The van der Waals surface area contributed by atoms with Crippen molar-refractivity contribution in [2.24, 2.45) is 0 Å². The normalized spacial score (nSPS) is 14.5. The molecule has 0 bridgehead atoms. The Labute approximate surface area is 193 Å². The highest BCUT2D eigenvalue weighted by Gasteiger charge is 2.44. The van der Waals surface area contributed by atoms with Gasteiger partial charge in [0.25, 0.3) is 11.8 Å². The summed E-state index contributed by atoms with van der Waals surface area (Å²) in [6, 6.07) is 7.57. The first-order valence-electron chi connectivity index (χ1n) is 8.93. The lowest BCUT2D eigenvalue weighted by molar-refractivity contribution is -0.149. The average molecular weight is 505 g/mol. The van der Waals surface area contributed by atoms with Crippen molar-refractivity contribution >= 4 is 62.4 Å². The summed E-state index contributed by atoms with van der Waals surface area (Å²) in [6.07, 6.45) is 0.677. The van der Waals surface area contributed by atoms with Crippen LogP contribution in [0.1, 0.15) is 32.7 Å². The molecule has 7 nitrogen and oxygen atoms in total. The Hall–Kier alpha value is -2.13. The van der Waals surface area contributed by atoms with Gasteiger partial charge in [0.15, 0.2) is 0 Å². The number of amides is 2. The number of hydrogen-bond acceptors (Lipinski definition) is 6. The summed E-state index contributed by atoms with van der Waals surface area (Å²) >= 11 is 17.7. The second kappa shape index (κ2) is 9.16. The fraction of sp³-hybridized carbons (Fsp3) is 0.250. The molecule has 0 unspecified atom stereocenters. The van der Waals surface area contributed by atoms with E-state index in [1.54, 1.807) is 24.3 Å². The van der Waals surface area contributed by atoms with E-state index in [1.807, 2.05) is 0 Å². The topological polar surface area (TPSA) is 97.8 Å². The van der Waals surface area contributed by atoms with Crippen LogP contribution in [0.2, 0.25) is 15.1 Å². The maximum Gasteiger partial charge on any atom is 0.329 e. The Morgan fingerprint density at radius 3 is 2.00 bits per heavy atom. The van der Waals surface area contributed by atoms with E-state index in [0.29, 0.717) is 15.5 Å². The monoisotopic (exact) mass is 503 g/mol. The third-order valence-electron chi connectivity index (χ3n) is 4.60. The van der Waals surface area contributed by atoms with Crippen LogP contribution in [-0.4, -0.2) is 49.2 Å². The standard InChI is InChI=1S/C20H16Cl3NO6S/c1-31(28,29)7-6-17(20(27)30-10-11-2-4-12(21)5-3-11)24-18(25)13-8-15(22)16(23)9-14(13)19(24)26/h2-5,8-9,17H,6-7,10H2,1H3/t17-/m0/s1. The molecule has 0 spiro atoms. The number of ether oxygens (including phenoxy) is 1. The van der Waals surface area contributed by atoms with Crippen molar-refractivity contribution in [3.63, 3.8) is 0 Å². The minimum atomic E-state index is -3.48. The summed E-state index contributed by atoms with van der Waals surface area (Å²) in [5.41, 5.74) is 0.587. The smallest absolute Gasteiger partial charge is 0.329 e. The lowest BCUT2D eigenvalue weighted by Crippen LogP contribution is -2.46. The van der Waals surface area contributed by atoms with E-state index >= 15 is 0 Å². The Morgan fingerprint density at radius 2 is 1.52 bits per heavy atom. The minimum Gasteiger partial charge on any atom is -0.459 e. The number of halogens is 3. The molecule has 0 N–H and O–H groups in total. The van der Waals surface area contributed by atoms with Gasteiger partial charge >= 0.3 is 5.97 Å². The van der Waals surface area contributed by atoms with Crippen LogP contribution in [0.4, 0.5) is 0 Å². The Balaban J connectivity index is 1.87. The van der Waals surface area contributed by atoms with Gasteiger partial charge in [-0.3, -0.25) is 14.5 Å². The van der Waals surface area contributed by atoms with Crippen molar-refractivity contribution in [3.05, 3.63) is 68.2 Å². The van der Waals surface area contributed by atoms with Gasteiger partial charge in [-0.05, 0) is 36.2 Å². The molecule has 31 heavy (non-hydrogen) atoms. The van der Waals surface area contributed by atoms with Crippen LogP contribution in [-0.2, 0) is 26.0 Å². The number of hydrogen-bond donors (Lipinski definition) is 0. The van der Waals surface area contributed by atoms with E-state index in [0.717, 1.165) is 6.26 Å². The van der Waals surface area contributed by atoms with E-state index in [2.05, 4.69) is 0 Å². The van der Waals surface area contributed by atoms with Gasteiger partial charge < -0.3 is 4.74 Å². The third-order valence-corrected chi connectivity index (χ3v) is 6.55. The lowest BCUT2D eigenvalue weighted by Gasteiger charge is -2.24. The van der Waals surface area contributed by atoms with Crippen LogP contribution < -0.4 is 0 Å². The number of nitrogens with zero attached hydrogens (tertiary/aromatic N) is 1. The number of sulfone groups is 1. The van der Waals surface area contributed by atoms with Gasteiger partial charge in [-0.25, -0.2) is 13.2 Å². The van der Waals surface area contributed by atoms with Crippen molar-refractivity contribution in [1.29, 1.82) is 0 Å². The van der Waals surface area contributed by atoms with Crippen LogP contribution in [0.5, 0.6) is 0 Å². The molecule has 164 valence electrons. The summed E-state index contributed by atoms with van der Waals surface area (Å²) in [5, 5.41) is 0.646. The molecule has 1 heterocycles. The number of carbonyl (C=O) groups excluding carboxylic acids is 3. The number of benzene rings is 2. The maximum absolute atomic E-state index is 12.9. The molecule has 1 atom stereocenters. The quantitative estimate of drug-likeness (QED) is 0.420. The first-order chi connectivity index (χ1) is 14.5. The highest BCUT2D eigenvalue weighted by atomic mass is 35.5. The molecule has 0 saturated heterocycles. The second-order valence-electron chi connectivity index (χ2n) is 6.96. The van der Waals surface area contributed by atoms with Gasteiger partial charge in [-0.2, -0.15) is 0 Å². The number of esters is 1. The molecule has 2 aromatic carbocycles. The van der Waals surface area contributed by atoms with E-state index in [-0.39, 0.29) is 34.2 Å². The average Bonchev–Trinajstić information content (AvgIpc) is 2.92. The van der Waals surface area contributed by atoms with Crippen LogP contribution in [0, 0.1) is 0 Å². The molecule has 0 saturated carbocycles. The highest BCUT2D eigenvalue weighted by Crippen LogP contribution is 2.33. The highest BCUT2D eigenvalue weighted by molar-refractivity contribution is 7.90. The molecular formula is C20H16Cl3NO6S. The zero-order valence-electron chi connectivity index (χ0n) is 16.1. The first-order valence-corrected chi connectivity index (χ1v) is 12.1. The van der Waals surface area contributed by atoms with E-state index in [4.69, 9.17) is 39.5 Å². The predicted octanol–water partition coefficient (Wildman–Crippen LogP) is 3.79. The van der Waals surface area contributed by atoms with E-state index in [1.165, 1.54) is 12.1 Å². The van der Waals surface area contributed by atoms with Crippen LogP contribution in [0.15, 0.2) is 36.4 Å². The Bertz CT molecular complexity index is 1120. The van der Waals surface area contributed by atoms with Gasteiger partial charge in [0, 0.05) is 11.3 Å². The van der Waals surface area contributed by atoms with Gasteiger partial charge in [0.05, 0.1) is 26.9 Å². The first kappa shape index (κ1) is 23.5. The van der Waals surface area contributed by atoms with Gasteiger partial charge in [0.2, 0.25) is 0 Å². The molecule has 0 aliphatic carbocycles. The van der Waals surface area contributed by atoms with Gasteiger partial charge in [-0.1, -0.05) is 46.9 Å². The maximum atomic E-state index is 12.9. The molecular weight excluding hydrogens is 489 g/mol. The lowest BCUT2D eigenvalue weighted by atomic mass is 10.1. The zero-order valence-corrected chi connectivity index (χ0v) is 19.2. The van der Waals surface area contributed by atoms with Crippen molar-refractivity contribution in [2.75, 3.05) is 12.0 Å².